The van der Waals surface area contributed by atoms with Crippen molar-refractivity contribution in [3.05, 3.63) is 41.6 Å². The van der Waals surface area contributed by atoms with Crippen molar-refractivity contribution in [2.45, 2.75) is 13.3 Å². The molecule has 0 aliphatic carbocycles. The minimum Gasteiger partial charge on any atom is -0.493 e. The lowest BCUT2D eigenvalue weighted by Crippen LogP contribution is -2.25. The summed E-state index contributed by atoms with van der Waals surface area (Å²) < 4.78 is 15.6. The normalized spacial score (nSPS) is 10.2. The molecule has 0 unspecified atom stereocenters. The van der Waals surface area contributed by atoms with E-state index in [-0.39, 0.29) is 11.8 Å². The van der Waals surface area contributed by atoms with Gasteiger partial charge in [-0.1, -0.05) is 6.07 Å². The Morgan fingerprint density at radius 3 is 2.67 bits per heavy atom. The smallest absolute Gasteiger partial charge is 0.307 e. The van der Waals surface area contributed by atoms with E-state index in [0.29, 0.717) is 30.2 Å². The molecule has 1 N–H and O–H groups in total. The van der Waals surface area contributed by atoms with Crippen molar-refractivity contribution in [3.63, 3.8) is 0 Å². The van der Waals surface area contributed by atoms with Crippen LogP contribution < -0.4 is 14.8 Å². The van der Waals surface area contributed by atoms with Gasteiger partial charge in [0, 0.05) is 6.54 Å². The number of amides is 1. The Labute approximate surface area is 123 Å². The highest BCUT2D eigenvalue weighted by atomic mass is 16.5. The van der Waals surface area contributed by atoms with E-state index in [4.69, 9.17) is 13.9 Å². The molecule has 0 aliphatic rings. The van der Waals surface area contributed by atoms with Crippen LogP contribution in [0.3, 0.4) is 0 Å². The van der Waals surface area contributed by atoms with Crippen LogP contribution in [0.5, 0.6) is 11.5 Å². The van der Waals surface area contributed by atoms with Gasteiger partial charge < -0.3 is 19.2 Å². The van der Waals surface area contributed by atoms with Crippen LogP contribution in [0.25, 0.3) is 0 Å². The van der Waals surface area contributed by atoms with Gasteiger partial charge in [0.05, 0.1) is 20.4 Å². The topological polar surface area (TPSA) is 73.6 Å². The summed E-state index contributed by atoms with van der Waals surface area (Å²) in [6.45, 7) is 2.23. The molecule has 0 aliphatic heterocycles. The maximum absolute atomic E-state index is 11.8. The van der Waals surface area contributed by atoms with Crippen LogP contribution in [0.1, 0.15) is 22.0 Å². The molecule has 1 heterocycles. The van der Waals surface area contributed by atoms with Crippen LogP contribution in [-0.2, 0) is 6.42 Å². The highest BCUT2D eigenvalue weighted by Gasteiger charge is 2.11. The van der Waals surface area contributed by atoms with E-state index in [1.165, 1.54) is 6.20 Å². The Bertz CT molecular complexity index is 622. The molecule has 2 rings (SSSR count). The van der Waals surface area contributed by atoms with Gasteiger partial charge >= 0.3 is 5.91 Å². The van der Waals surface area contributed by atoms with Gasteiger partial charge in [-0.3, -0.25) is 4.79 Å². The molecule has 6 heteroatoms. The molecule has 0 radical (unpaired) electrons. The van der Waals surface area contributed by atoms with E-state index in [1.54, 1.807) is 21.1 Å². The van der Waals surface area contributed by atoms with Gasteiger partial charge in [0.25, 0.3) is 5.89 Å². The lowest BCUT2D eigenvalue weighted by molar-refractivity contribution is 0.0918. The Hall–Kier alpha value is -2.50. The highest BCUT2D eigenvalue weighted by Crippen LogP contribution is 2.27. The zero-order valence-electron chi connectivity index (χ0n) is 12.3. The van der Waals surface area contributed by atoms with Crippen molar-refractivity contribution < 1.29 is 18.7 Å². The van der Waals surface area contributed by atoms with Crippen molar-refractivity contribution in [1.82, 2.24) is 10.3 Å². The van der Waals surface area contributed by atoms with Crippen molar-refractivity contribution in [3.8, 4) is 11.5 Å². The number of hydrogen-bond donors (Lipinski definition) is 1. The molecule has 21 heavy (non-hydrogen) atoms. The number of ether oxygens (including phenoxy) is 2. The van der Waals surface area contributed by atoms with Crippen molar-refractivity contribution in [1.29, 1.82) is 0 Å². The average molecular weight is 290 g/mol. The van der Waals surface area contributed by atoms with E-state index in [9.17, 15) is 4.79 Å². The second-order valence-corrected chi connectivity index (χ2v) is 4.47. The summed E-state index contributed by atoms with van der Waals surface area (Å²) in [6.07, 6.45) is 2.19. The lowest BCUT2D eigenvalue weighted by Gasteiger charge is -2.09. The van der Waals surface area contributed by atoms with Gasteiger partial charge in [-0.2, -0.15) is 0 Å². The Morgan fingerprint density at radius 2 is 2.05 bits per heavy atom. The average Bonchev–Trinajstić information content (AvgIpc) is 2.93. The minimum absolute atomic E-state index is 0.0832. The summed E-state index contributed by atoms with van der Waals surface area (Å²) >= 11 is 0. The molecule has 0 fully saturated rings. The standard InChI is InChI=1S/C15H18N2O4/c1-10-9-17-15(21-10)14(18)16-7-6-11-4-5-12(19-2)13(8-11)20-3/h4-5,8-9H,6-7H2,1-3H3,(H,16,18). The molecule has 1 amide bonds. The first-order chi connectivity index (χ1) is 10.1. The SMILES string of the molecule is COc1ccc(CCNC(=O)c2ncc(C)o2)cc1OC. The third kappa shape index (κ3) is 3.75. The van der Waals surface area contributed by atoms with Gasteiger partial charge in [0.15, 0.2) is 11.5 Å². The van der Waals surface area contributed by atoms with Crippen LogP contribution in [0, 0.1) is 6.92 Å². The predicted octanol–water partition coefficient (Wildman–Crippen LogP) is 1.97. The molecule has 1 aromatic carbocycles. The van der Waals surface area contributed by atoms with Gasteiger partial charge in [0.2, 0.25) is 0 Å². The van der Waals surface area contributed by atoms with Gasteiger partial charge in [-0.25, -0.2) is 4.98 Å². The van der Waals surface area contributed by atoms with E-state index in [1.807, 2.05) is 18.2 Å². The number of nitrogens with one attached hydrogen (secondary N) is 1. The van der Waals surface area contributed by atoms with Crippen molar-refractivity contribution >= 4 is 5.91 Å². The van der Waals surface area contributed by atoms with Crippen LogP contribution in [0.15, 0.2) is 28.8 Å². The Balaban J connectivity index is 1.90. The zero-order chi connectivity index (χ0) is 15.2. The fraction of sp³-hybridized carbons (Fsp3) is 0.333. The third-order valence-electron chi connectivity index (χ3n) is 2.96. The minimum atomic E-state index is -0.316. The number of methoxy groups -OCH3 is 2. The van der Waals surface area contributed by atoms with Gasteiger partial charge in [0.1, 0.15) is 5.76 Å². The predicted molar refractivity (Wildman–Crippen MR) is 76.8 cm³/mol. The van der Waals surface area contributed by atoms with E-state index in [2.05, 4.69) is 10.3 Å². The summed E-state index contributed by atoms with van der Waals surface area (Å²) in [4.78, 5) is 15.6. The first kappa shape index (κ1) is 14.9. The van der Waals surface area contributed by atoms with Gasteiger partial charge in [-0.05, 0) is 31.0 Å². The van der Waals surface area contributed by atoms with Crippen molar-refractivity contribution in [2.75, 3.05) is 20.8 Å². The number of aryl methyl sites for hydroxylation is 1. The molecule has 112 valence electrons. The molecule has 0 saturated heterocycles. The van der Waals surface area contributed by atoms with Crippen LogP contribution >= 0.6 is 0 Å². The summed E-state index contributed by atoms with van der Waals surface area (Å²) in [7, 11) is 3.18. The van der Waals surface area contributed by atoms with Crippen molar-refractivity contribution in [2.24, 2.45) is 0 Å². The molecule has 0 bridgehead atoms. The summed E-state index contributed by atoms with van der Waals surface area (Å²) in [5.41, 5.74) is 1.04. The highest BCUT2D eigenvalue weighted by molar-refractivity contribution is 5.89. The fourth-order valence-corrected chi connectivity index (χ4v) is 1.89. The molecule has 6 nitrogen and oxygen atoms in total. The second kappa shape index (κ2) is 6.78. The number of carbonyl (C=O) groups excluding carboxylic acids is 1. The fourth-order valence-electron chi connectivity index (χ4n) is 1.89. The Morgan fingerprint density at radius 1 is 1.29 bits per heavy atom. The molecule has 0 atom stereocenters. The van der Waals surface area contributed by atoms with Crippen LogP contribution in [0.2, 0.25) is 0 Å². The monoisotopic (exact) mass is 290 g/mol. The number of oxazole rings is 1. The third-order valence-corrected chi connectivity index (χ3v) is 2.96. The number of nitrogens with zero attached hydrogens (tertiary/aromatic N) is 1. The number of hydrogen-bond acceptors (Lipinski definition) is 5. The van der Waals surface area contributed by atoms with E-state index >= 15 is 0 Å². The largest absolute Gasteiger partial charge is 0.493 e. The van der Waals surface area contributed by atoms with Gasteiger partial charge in [-0.15, -0.1) is 0 Å². The van der Waals surface area contributed by atoms with E-state index < -0.39 is 0 Å². The lowest BCUT2D eigenvalue weighted by atomic mass is 10.1. The summed E-state index contributed by atoms with van der Waals surface area (Å²) in [6, 6.07) is 5.66. The summed E-state index contributed by atoms with van der Waals surface area (Å²) in [5, 5.41) is 2.76. The zero-order valence-corrected chi connectivity index (χ0v) is 12.3. The first-order valence-corrected chi connectivity index (χ1v) is 6.55. The molecular weight excluding hydrogens is 272 g/mol. The molecule has 0 saturated carbocycles. The van der Waals surface area contributed by atoms with E-state index in [0.717, 1.165) is 5.56 Å². The number of rotatable bonds is 6. The number of carbonyl (C=O) groups is 1. The maximum Gasteiger partial charge on any atom is 0.307 e. The molecule has 2 aromatic rings. The van der Waals surface area contributed by atoms with Crippen LogP contribution in [0.4, 0.5) is 0 Å². The quantitative estimate of drug-likeness (QED) is 0.880. The molecule has 0 spiro atoms. The second-order valence-electron chi connectivity index (χ2n) is 4.47. The maximum atomic E-state index is 11.8. The first-order valence-electron chi connectivity index (χ1n) is 6.55. The van der Waals surface area contributed by atoms with Crippen LogP contribution in [-0.4, -0.2) is 31.7 Å². The number of aromatic nitrogens is 1. The summed E-state index contributed by atoms with van der Waals surface area (Å²) in [5.74, 6) is 1.73. The Kier molecular flexibility index (Phi) is 4.81. The molecular formula is C15H18N2O4. The number of benzene rings is 1. The molecule has 1 aromatic heterocycles.